The molecule has 3 aliphatic rings. The van der Waals surface area contributed by atoms with Crippen LogP contribution in [0.2, 0.25) is 0 Å². The van der Waals surface area contributed by atoms with E-state index in [0.29, 0.717) is 48.8 Å². The third-order valence-corrected chi connectivity index (χ3v) is 11.8. The number of sulfonamides is 2. The highest BCUT2D eigenvalue weighted by Crippen LogP contribution is 2.32. The lowest BCUT2D eigenvalue weighted by Gasteiger charge is -2.27. The van der Waals surface area contributed by atoms with Crippen LogP contribution in [0.15, 0.2) is 46.2 Å². The highest BCUT2D eigenvalue weighted by atomic mass is 32.2. The SMILES string of the molecule is O=S(=O)(c1ccc2c(c1)Cc1cc(S(=O)(=O)N3CCCCCCC3)ccc1C2)N1CCCCCCC1. The summed E-state index contributed by atoms with van der Waals surface area (Å²) in [6, 6.07) is 11.0. The molecule has 0 aromatic heterocycles. The Bertz CT molecular complexity index is 1190. The number of fused-ring (bicyclic) bond motifs is 2. The Kier molecular flexibility index (Phi) is 7.86. The monoisotopic (exact) mass is 530 g/mol. The Morgan fingerprint density at radius 2 is 0.778 bits per heavy atom. The fourth-order valence-electron chi connectivity index (χ4n) is 5.83. The summed E-state index contributed by atoms with van der Waals surface area (Å²) in [5.41, 5.74) is 4.20. The normalized spacial score (nSPS) is 20.9. The largest absolute Gasteiger partial charge is 0.243 e. The minimum Gasteiger partial charge on any atom is -0.207 e. The molecule has 0 radical (unpaired) electrons. The van der Waals surface area contributed by atoms with E-state index in [4.69, 9.17) is 0 Å². The number of hydrogen-bond donors (Lipinski definition) is 0. The van der Waals surface area contributed by atoms with Crippen LogP contribution < -0.4 is 0 Å². The molecule has 2 saturated heterocycles. The van der Waals surface area contributed by atoms with E-state index in [2.05, 4.69) is 0 Å². The molecule has 0 unspecified atom stereocenters. The molecule has 5 rings (SSSR count). The van der Waals surface area contributed by atoms with Crippen LogP contribution in [0.3, 0.4) is 0 Å². The molecule has 6 nitrogen and oxygen atoms in total. The van der Waals surface area contributed by atoms with Gasteiger partial charge < -0.3 is 0 Å². The fraction of sp³-hybridized carbons (Fsp3) is 0.571. The van der Waals surface area contributed by atoms with Crippen molar-refractivity contribution in [1.29, 1.82) is 0 Å². The topological polar surface area (TPSA) is 74.8 Å². The van der Waals surface area contributed by atoms with Crippen molar-refractivity contribution in [3.8, 4) is 0 Å². The lowest BCUT2D eigenvalue weighted by atomic mass is 9.86. The predicted molar refractivity (Wildman–Crippen MR) is 142 cm³/mol. The maximum atomic E-state index is 13.4. The van der Waals surface area contributed by atoms with E-state index in [9.17, 15) is 16.8 Å². The first-order chi connectivity index (χ1) is 17.4. The summed E-state index contributed by atoms with van der Waals surface area (Å²) in [5, 5.41) is 0. The van der Waals surface area contributed by atoms with Gasteiger partial charge >= 0.3 is 0 Å². The Morgan fingerprint density at radius 1 is 0.444 bits per heavy atom. The second-order valence-electron chi connectivity index (χ2n) is 10.6. The molecule has 0 saturated carbocycles. The minimum absolute atomic E-state index is 0.356. The molecule has 36 heavy (non-hydrogen) atoms. The first-order valence-electron chi connectivity index (χ1n) is 13.6. The van der Waals surface area contributed by atoms with Crippen LogP contribution in [-0.4, -0.2) is 51.6 Å². The number of hydrogen-bond acceptors (Lipinski definition) is 4. The van der Waals surface area contributed by atoms with Gasteiger partial charge in [0, 0.05) is 26.2 Å². The van der Waals surface area contributed by atoms with Crippen molar-refractivity contribution in [3.05, 3.63) is 58.7 Å². The third-order valence-electron chi connectivity index (χ3n) is 8.02. The summed E-state index contributed by atoms with van der Waals surface area (Å²) in [6.07, 6.45) is 11.6. The third kappa shape index (κ3) is 5.42. The van der Waals surface area contributed by atoms with E-state index in [1.165, 1.54) is 12.8 Å². The van der Waals surface area contributed by atoms with Crippen molar-refractivity contribution < 1.29 is 16.8 Å². The lowest BCUT2D eigenvalue weighted by Crippen LogP contribution is -2.34. The Morgan fingerprint density at radius 3 is 1.17 bits per heavy atom. The highest BCUT2D eigenvalue weighted by molar-refractivity contribution is 7.89. The van der Waals surface area contributed by atoms with Crippen LogP contribution in [0.1, 0.15) is 86.5 Å². The van der Waals surface area contributed by atoms with Crippen LogP contribution in [-0.2, 0) is 32.9 Å². The van der Waals surface area contributed by atoms with Crippen LogP contribution in [0.5, 0.6) is 0 Å². The molecule has 2 fully saturated rings. The van der Waals surface area contributed by atoms with Gasteiger partial charge in [0.2, 0.25) is 20.0 Å². The van der Waals surface area contributed by atoms with E-state index in [-0.39, 0.29) is 0 Å². The van der Waals surface area contributed by atoms with Crippen LogP contribution in [0, 0.1) is 0 Å². The average Bonchev–Trinajstić information content (AvgIpc) is 2.81. The van der Waals surface area contributed by atoms with Gasteiger partial charge in [-0.2, -0.15) is 8.61 Å². The van der Waals surface area contributed by atoms with Gasteiger partial charge in [0.1, 0.15) is 0 Å². The molecule has 0 bridgehead atoms. The molecule has 2 aromatic rings. The standard InChI is InChI=1S/C28H38N2O4S2/c31-35(32,29-15-7-3-1-4-8-16-29)27-13-11-23-19-24-12-14-28(22-26(24)20-25(23)21-27)36(33,34)30-17-9-5-2-6-10-18-30/h11-14,21-22H,1-10,15-20H2. The highest BCUT2D eigenvalue weighted by Gasteiger charge is 2.28. The molecule has 2 heterocycles. The second kappa shape index (κ2) is 10.9. The zero-order valence-electron chi connectivity index (χ0n) is 21.1. The van der Waals surface area contributed by atoms with E-state index in [1.807, 2.05) is 24.3 Å². The zero-order chi connectivity index (χ0) is 25.2. The maximum absolute atomic E-state index is 13.4. The summed E-state index contributed by atoms with van der Waals surface area (Å²) in [6.45, 7) is 2.33. The molecule has 0 atom stereocenters. The van der Waals surface area contributed by atoms with E-state index < -0.39 is 20.0 Å². The Balaban J connectivity index is 1.39. The number of benzene rings is 2. The quantitative estimate of drug-likeness (QED) is 0.471. The molecule has 0 N–H and O–H groups in total. The van der Waals surface area contributed by atoms with Crippen molar-refractivity contribution in [3.63, 3.8) is 0 Å². The van der Waals surface area contributed by atoms with Gasteiger partial charge in [-0.05, 0) is 85.0 Å². The zero-order valence-corrected chi connectivity index (χ0v) is 22.8. The minimum atomic E-state index is -3.53. The Labute approximate surface area is 216 Å². The van der Waals surface area contributed by atoms with Crippen molar-refractivity contribution in [2.75, 3.05) is 26.2 Å². The van der Waals surface area contributed by atoms with Gasteiger partial charge in [-0.25, -0.2) is 16.8 Å². The molecule has 1 aliphatic carbocycles. The van der Waals surface area contributed by atoms with Gasteiger partial charge in [-0.15, -0.1) is 0 Å². The smallest absolute Gasteiger partial charge is 0.207 e. The van der Waals surface area contributed by atoms with Crippen LogP contribution >= 0.6 is 0 Å². The summed E-state index contributed by atoms with van der Waals surface area (Å²) >= 11 is 0. The molecule has 0 spiro atoms. The molecule has 2 aliphatic heterocycles. The maximum Gasteiger partial charge on any atom is 0.243 e. The summed E-state index contributed by atoms with van der Waals surface area (Å²) in [7, 11) is -7.07. The van der Waals surface area contributed by atoms with Gasteiger partial charge in [-0.3, -0.25) is 0 Å². The molecule has 196 valence electrons. The van der Waals surface area contributed by atoms with Crippen molar-refractivity contribution in [2.24, 2.45) is 0 Å². The first-order valence-corrected chi connectivity index (χ1v) is 16.5. The average molecular weight is 531 g/mol. The molecule has 2 aromatic carbocycles. The van der Waals surface area contributed by atoms with Gasteiger partial charge in [-0.1, -0.05) is 50.7 Å². The van der Waals surface area contributed by atoms with Gasteiger partial charge in [0.05, 0.1) is 9.79 Å². The van der Waals surface area contributed by atoms with Crippen LogP contribution in [0.4, 0.5) is 0 Å². The molecular formula is C28H38N2O4S2. The summed E-state index contributed by atoms with van der Waals surface area (Å²) < 4.78 is 57.1. The molecule has 0 amide bonds. The van der Waals surface area contributed by atoms with E-state index >= 15 is 0 Å². The molecule has 8 heteroatoms. The Hall–Kier alpha value is -1.74. The number of rotatable bonds is 4. The van der Waals surface area contributed by atoms with E-state index in [0.717, 1.165) is 73.6 Å². The fourth-order valence-corrected chi connectivity index (χ4v) is 8.96. The van der Waals surface area contributed by atoms with Crippen molar-refractivity contribution in [1.82, 2.24) is 8.61 Å². The summed E-state index contributed by atoms with van der Waals surface area (Å²) in [4.78, 5) is 0.712. The summed E-state index contributed by atoms with van der Waals surface area (Å²) in [5.74, 6) is 0. The molecular weight excluding hydrogens is 492 g/mol. The second-order valence-corrected chi connectivity index (χ2v) is 14.4. The van der Waals surface area contributed by atoms with Gasteiger partial charge in [0.25, 0.3) is 0 Å². The first kappa shape index (κ1) is 25.9. The number of nitrogens with zero attached hydrogens (tertiary/aromatic N) is 2. The van der Waals surface area contributed by atoms with E-state index in [1.54, 1.807) is 20.7 Å². The predicted octanol–water partition coefficient (Wildman–Crippen LogP) is 5.09. The lowest BCUT2D eigenvalue weighted by molar-refractivity contribution is 0.364. The van der Waals surface area contributed by atoms with Crippen molar-refractivity contribution in [2.45, 2.75) is 86.8 Å². The van der Waals surface area contributed by atoms with Crippen molar-refractivity contribution >= 4 is 20.0 Å². The van der Waals surface area contributed by atoms with Crippen LogP contribution in [0.25, 0.3) is 0 Å². The van der Waals surface area contributed by atoms with Gasteiger partial charge in [0.15, 0.2) is 0 Å².